The quantitative estimate of drug-likeness (QED) is 0.831. The minimum absolute atomic E-state index is 0.0478. The van der Waals surface area contributed by atoms with Crippen LogP contribution in [0, 0.1) is 12.8 Å². The van der Waals surface area contributed by atoms with Crippen molar-refractivity contribution in [2.45, 2.75) is 38.6 Å². The lowest BCUT2D eigenvalue weighted by atomic mass is 9.85. The molecule has 1 aromatic heterocycles. The lowest BCUT2D eigenvalue weighted by Crippen LogP contribution is -2.43. The molecule has 17 heavy (non-hydrogen) atoms. The monoisotopic (exact) mass is 238 g/mol. The van der Waals surface area contributed by atoms with Crippen LogP contribution in [0.3, 0.4) is 0 Å². The van der Waals surface area contributed by atoms with Crippen LogP contribution in [0.4, 0.5) is 0 Å². The van der Waals surface area contributed by atoms with Gasteiger partial charge in [0.2, 0.25) is 5.76 Å². The molecule has 5 nitrogen and oxygen atoms in total. The van der Waals surface area contributed by atoms with Crippen LogP contribution in [0.5, 0.6) is 0 Å². The number of carbonyl (C=O) groups excluding carboxylic acids is 1. The van der Waals surface area contributed by atoms with Gasteiger partial charge in [-0.25, -0.2) is 0 Å². The van der Waals surface area contributed by atoms with E-state index in [0.29, 0.717) is 5.69 Å². The Morgan fingerprint density at radius 1 is 1.59 bits per heavy atom. The fraction of sp³-hybridized carbons (Fsp3) is 0.667. The molecule has 1 fully saturated rings. The van der Waals surface area contributed by atoms with Crippen molar-refractivity contribution in [3.8, 4) is 0 Å². The molecule has 0 aliphatic heterocycles. The van der Waals surface area contributed by atoms with Gasteiger partial charge in [0.05, 0.1) is 5.69 Å². The molecule has 5 heteroatoms. The number of carbonyl (C=O) groups is 1. The fourth-order valence-electron chi connectivity index (χ4n) is 2.33. The zero-order valence-electron chi connectivity index (χ0n) is 9.98. The average Bonchev–Trinajstić information content (AvgIpc) is 2.77. The van der Waals surface area contributed by atoms with E-state index in [1.165, 1.54) is 0 Å². The molecule has 1 aromatic rings. The third kappa shape index (κ3) is 2.85. The number of hydrogen-bond donors (Lipinski definition) is 2. The first-order valence-corrected chi connectivity index (χ1v) is 6.05. The van der Waals surface area contributed by atoms with Crippen LogP contribution in [0.15, 0.2) is 10.6 Å². The van der Waals surface area contributed by atoms with Crippen molar-refractivity contribution in [1.29, 1.82) is 0 Å². The van der Waals surface area contributed by atoms with Crippen LogP contribution in [0.25, 0.3) is 0 Å². The van der Waals surface area contributed by atoms with Crippen LogP contribution < -0.4 is 5.32 Å². The Morgan fingerprint density at radius 2 is 2.35 bits per heavy atom. The molecule has 1 saturated carbocycles. The summed E-state index contributed by atoms with van der Waals surface area (Å²) in [7, 11) is 0. The second-order valence-electron chi connectivity index (χ2n) is 4.64. The van der Waals surface area contributed by atoms with Gasteiger partial charge in [-0.15, -0.1) is 0 Å². The van der Waals surface area contributed by atoms with Gasteiger partial charge in [0.15, 0.2) is 0 Å². The van der Waals surface area contributed by atoms with E-state index in [0.717, 1.165) is 25.7 Å². The highest BCUT2D eigenvalue weighted by Crippen LogP contribution is 2.24. The molecule has 1 aliphatic rings. The van der Waals surface area contributed by atoms with Crippen LogP contribution in [-0.4, -0.2) is 28.8 Å². The van der Waals surface area contributed by atoms with Gasteiger partial charge in [0, 0.05) is 24.6 Å². The van der Waals surface area contributed by atoms with Crippen molar-refractivity contribution >= 4 is 5.91 Å². The summed E-state index contributed by atoms with van der Waals surface area (Å²) >= 11 is 0. The molecule has 2 atom stereocenters. The average molecular weight is 238 g/mol. The van der Waals surface area contributed by atoms with Gasteiger partial charge in [-0.3, -0.25) is 4.79 Å². The Kier molecular flexibility index (Phi) is 3.78. The van der Waals surface area contributed by atoms with E-state index in [2.05, 4.69) is 10.5 Å². The van der Waals surface area contributed by atoms with Crippen molar-refractivity contribution in [3.05, 3.63) is 17.5 Å². The number of nitrogens with zero attached hydrogens (tertiary/aromatic N) is 1. The highest BCUT2D eigenvalue weighted by Gasteiger charge is 2.27. The summed E-state index contributed by atoms with van der Waals surface area (Å²) < 4.78 is 4.91. The number of aliphatic hydroxyl groups excluding tert-OH is 1. The smallest absolute Gasteiger partial charge is 0.290 e. The molecule has 0 saturated heterocycles. The number of aryl methyl sites for hydroxylation is 1. The molecule has 0 spiro atoms. The SMILES string of the molecule is Cc1cc(C(=O)NC2CCCCC2CO)on1. The maximum atomic E-state index is 11.9. The Morgan fingerprint density at radius 3 is 3.00 bits per heavy atom. The van der Waals surface area contributed by atoms with Crippen LogP contribution in [0.1, 0.15) is 41.9 Å². The Labute approximate surface area is 100 Å². The molecular formula is C12H18N2O3. The molecule has 0 radical (unpaired) electrons. The number of rotatable bonds is 3. The van der Waals surface area contributed by atoms with Gasteiger partial charge in [0.1, 0.15) is 0 Å². The molecule has 2 N–H and O–H groups in total. The minimum atomic E-state index is -0.240. The maximum Gasteiger partial charge on any atom is 0.290 e. The Balaban J connectivity index is 1.97. The first-order valence-electron chi connectivity index (χ1n) is 6.05. The van der Waals surface area contributed by atoms with E-state index in [4.69, 9.17) is 4.52 Å². The number of nitrogens with one attached hydrogen (secondary N) is 1. The number of aromatic nitrogens is 1. The second-order valence-corrected chi connectivity index (χ2v) is 4.64. The molecule has 0 bridgehead atoms. The zero-order valence-corrected chi connectivity index (χ0v) is 9.98. The van der Waals surface area contributed by atoms with Crippen molar-refractivity contribution in [2.24, 2.45) is 5.92 Å². The first-order chi connectivity index (χ1) is 8.20. The molecule has 1 heterocycles. The zero-order chi connectivity index (χ0) is 12.3. The summed E-state index contributed by atoms with van der Waals surface area (Å²) in [5.74, 6) is 0.164. The van der Waals surface area contributed by atoms with Crippen LogP contribution >= 0.6 is 0 Å². The van der Waals surface area contributed by atoms with E-state index < -0.39 is 0 Å². The van der Waals surface area contributed by atoms with E-state index in [9.17, 15) is 9.90 Å². The summed E-state index contributed by atoms with van der Waals surface area (Å²) in [4.78, 5) is 11.9. The summed E-state index contributed by atoms with van der Waals surface area (Å²) in [6.07, 6.45) is 4.11. The normalized spacial score (nSPS) is 24.6. The lowest BCUT2D eigenvalue weighted by Gasteiger charge is -2.30. The van der Waals surface area contributed by atoms with Gasteiger partial charge in [-0.1, -0.05) is 18.0 Å². The molecular weight excluding hydrogens is 220 g/mol. The number of hydrogen-bond acceptors (Lipinski definition) is 4. The molecule has 1 aliphatic carbocycles. The molecule has 94 valence electrons. The highest BCUT2D eigenvalue weighted by molar-refractivity contribution is 5.91. The highest BCUT2D eigenvalue weighted by atomic mass is 16.5. The third-order valence-corrected chi connectivity index (χ3v) is 3.31. The predicted molar refractivity (Wildman–Crippen MR) is 61.5 cm³/mol. The summed E-state index contributed by atoms with van der Waals surface area (Å²) in [5.41, 5.74) is 0.692. The number of aliphatic hydroxyl groups is 1. The second kappa shape index (κ2) is 5.31. The van der Waals surface area contributed by atoms with Crippen molar-refractivity contribution < 1.29 is 14.4 Å². The maximum absolute atomic E-state index is 11.9. The largest absolute Gasteiger partial charge is 0.396 e. The van der Waals surface area contributed by atoms with Crippen molar-refractivity contribution in [2.75, 3.05) is 6.61 Å². The van der Waals surface area contributed by atoms with E-state index in [1.807, 2.05) is 0 Å². The Hall–Kier alpha value is -1.36. The summed E-state index contributed by atoms with van der Waals surface area (Å²) in [6, 6.07) is 1.67. The lowest BCUT2D eigenvalue weighted by molar-refractivity contribution is 0.0836. The third-order valence-electron chi connectivity index (χ3n) is 3.31. The molecule has 2 rings (SSSR count). The topological polar surface area (TPSA) is 75.4 Å². The van der Waals surface area contributed by atoms with Gasteiger partial charge >= 0.3 is 0 Å². The van der Waals surface area contributed by atoms with Crippen molar-refractivity contribution in [3.63, 3.8) is 0 Å². The van der Waals surface area contributed by atoms with E-state index in [1.54, 1.807) is 13.0 Å². The van der Waals surface area contributed by atoms with E-state index in [-0.39, 0.29) is 30.2 Å². The van der Waals surface area contributed by atoms with Gasteiger partial charge in [-0.2, -0.15) is 0 Å². The molecule has 2 unspecified atom stereocenters. The van der Waals surface area contributed by atoms with Gasteiger partial charge in [0.25, 0.3) is 5.91 Å². The Bertz CT molecular complexity index is 389. The van der Waals surface area contributed by atoms with Gasteiger partial charge in [-0.05, 0) is 19.8 Å². The van der Waals surface area contributed by atoms with Crippen LogP contribution in [-0.2, 0) is 0 Å². The van der Waals surface area contributed by atoms with Gasteiger partial charge < -0.3 is 14.9 Å². The van der Waals surface area contributed by atoms with Crippen molar-refractivity contribution in [1.82, 2.24) is 10.5 Å². The minimum Gasteiger partial charge on any atom is -0.396 e. The number of amides is 1. The van der Waals surface area contributed by atoms with Crippen LogP contribution in [0.2, 0.25) is 0 Å². The first kappa shape index (κ1) is 12.1. The fourth-order valence-corrected chi connectivity index (χ4v) is 2.33. The van der Waals surface area contributed by atoms with E-state index >= 15 is 0 Å². The standard InChI is InChI=1S/C12H18N2O3/c1-8-6-11(17-14-8)12(16)13-10-5-3-2-4-9(10)7-15/h6,9-10,15H,2-5,7H2,1H3,(H,13,16). The molecule has 0 aromatic carbocycles. The molecule has 1 amide bonds. The predicted octanol–water partition coefficient (Wildman–Crippen LogP) is 1.26. The summed E-state index contributed by atoms with van der Waals surface area (Å²) in [5, 5.41) is 15.9. The summed E-state index contributed by atoms with van der Waals surface area (Å²) in [6.45, 7) is 1.90.